The Kier molecular flexibility index (Phi) is 5.81. The number of nitrogens with one attached hydrogen (secondary N) is 2. The van der Waals surface area contributed by atoms with E-state index in [-0.39, 0.29) is 5.91 Å². The van der Waals surface area contributed by atoms with Gasteiger partial charge in [-0.1, -0.05) is 48.5 Å². The van der Waals surface area contributed by atoms with Crippen LogP contribution in [-0.2, 0) is 12.7 Å². The number of carbonyl (C=O) groups excluding carboxylic acids is 1. The third-order valence-corrected chi connectivity index (χ3v) is 5.22. The largest absolute Gasteiger partial charge is 0.416 e. The van der Waals surface area contributed by atoms with Crippen LogP contribution in [0.5, 0.6) is 0 Å². The fraction of sp³-hybridized carbons (Fsp3) is 0.120. The number of nitrogens with zero attached hydrogens (tertiary/aromatic N) is 1. The number of aryl methyl sites for hydroxylation is 1. The second-order valence-corrected chi connectivity index (χ2v) is 7.43. The molecule has 0 radical (unpaired) electrons. The minimum atomic E-state index is -4.41. The summed E-state index contributed by atoms with van der Waals surface area (Å²) in [5.41, 5.74) is 4.15. The Morgan fingerprint density at radius 1 is 0.938 bits per heavy atom. The Labute approximate surface area is 183 Å². The Morgan fingerprint density at radius 3 is 2.41 bits per heavy atom. The quantitative estimate of drug-likeness (QED) is 0.404. The van der Waals surface area contributed by atoms with E-state index in [4.69, 9.17) is 0 Å². The molecule has 0 unspecified atom stereocenters. The second-order valence-electron chi connectivity index (χ2n) is 7.43. The van der Waals surface area contributed by atoms with Crippen LogP contribution < -0.4 is 5.32 Å². The van der Waals surface area contributed by atoms with Gasteiger partial charge in [0, 0.05) is 17.7 Å². The van der Waals surface area contributed by atoms with Crippen molar-refractivity contribution in [2.45, 2.75) is 19.6 Å². The molecule has 1 aromatic heterocycles. The average Bonchev–Trinajstić information content (AvgIpc) is 3.28. The predicted molar refractivity (Wildman–Crippen MR) is 117 cm³/mol. The first kappa shape index (κ1) is 21.4. The number of amides is 1. The van der Waals surface area contributed by atoms with Gasteiger partial charge in [-0.25, -0.2) is 0 Å². The summed E-state index contributed by atoms with van der Waals surface area (Å²) in [6.45, 7) is 2.43. The van der Waals surface area contributed by atoms with Crippen molar-refractivity contribution in [2.75, 3.05) is 0 Å². The highest BCUT2D eigenvalue weighted by Gasteiger charge is 2.30. The lowest BCUT2D eigenvalue weighted by Gasteiger charge is -2.08. The molecule has 4 aromatic rings. The van der Waals surface area contributed by atoms with Crippen LogP contribution in [0.3, 0.4) is 0 Å². The molecule has 3 aromatic carbocycles. The zero-order valence-corrected chi connectivity index (χ0v) is 17.2. The molecule has 4 rings (SSSR count). The molecule has 2 N–H and O–H groups in total. The van der Waals surface area contributed by atoms with E-state index in [1.165, 1.54) is 6.07 Å². The van der Waals surface area contributed by atoms with Crippen LogP contribution in [0.4, 0.5) is 13.2 Å². The standard InChI is InChI=1S/C25H20F3N3O/c1-16-5-2-3-6-20(16)15-29-24(32)18-11-9-17(10-12-18)22-14-23(31-30-22)19-7-4-8-21(13-19)25(26,27)28/h2-14H,15H2,1H3,(H,29,32)(H,30,31). The molecule has 1 amide bonds. The van der Waals surface area contributed by atoms with E-state index in [9.17, 15) is 18.0 Å². The number of carbonyl (C=O) groups is 1. The Bertz CT molecular complexity index is 1240. The number of H-pyrrole nitrogens is 1. The molecule has 0 aliphatic rings. The summed E-state index contributed by atoms with van der Waals surface area (Å²) in [6, 6.07) is 21.5. The minimum Gasteiger partial charge on any atom is -0.348 e. The van der Waals surface area contributed by atoms with Gasteiger partial charge < -0.3 is 5.32 Å². The van der Waals surface area contributed by atoms with Gasteiger partial charge in [0.25, 0.3) is 5.91 Å². The van der Waals surface area contributed by atoms with Gasteiger partial charge in [-0.05, 0) is 53.9 Å². The molecule has 7 heteroatoms. The Balaban J connectivity index is 1.46. The van der Waals surface area contributed by atoms with Crippen molar-refractivity contribution in [1.82, 2.24) is 15.5 Å². The van der Waals surface area contributed by atoms with Crippen molar-refractivity contribution in [3.63, 3.8) is 0 Å². The third-order valence-electron chi connectivity index (χ3n) is 5.22. The van der Waals surface area contributed by atoms with Crippen LogP contribution in [0.2, 0.25) is 0 Å². The molecular weight excluding hydrogens is 415 g/mol. The first-order valence-corrected chi connectivity index (χ1v) is 9.97. The first-order valence-electron chi connectivity index (χ1n) is 9.97. The number of halogens is 3. The molecule has 0 bridgehead atoms. The number of aromatic amines is 1. The van der Waals surface area contributed by atoms with Crippen LogP contribution in [0.25, 0.3) is 22.5 Å². The molecule has 0 spiro atoms. The highest BCUT2D eigenvalue weighted by Crippen LogP contribution is 2.32. The first-order chi connectivity index (χ1) is 15.3. The lowest BCUT2D eigenvalue weighted by Crippen LogP contribution is -2.23. The average molecular weight is 435 g/mol. The van der Waals surface area contributed by atoms with Crippen molar-refractivity contribution >= 4 is 5.91 Å². The second kappa shape index (κ2) is 8.70. The molecule has 0 fully saturated rings. The summed E-state index contributed by atoms with van der Waals surface area (Å²) in [5, 5.41) is 9.90. The van der Waals surface area contributed by atoms with Gasteiger partial charge in [-0.3, -0.25) is 9.89 Å². The van der Waals surface area contributed by atoms with Gasteiger partial charge in [0.2, 0.25) is 0 Å². The third kappa shape index (κ3) is 4.72. The Morgan fingerprint density at radius 2 is 1.69 bits per heavy atom. The number of rotatable bonds is 5. The van der Waals surface area contributed by atoms with Crippen LogP contribution in [0, 0.1) is 6.92 Å². The summed E-state index contributed by atoms with van der Waals surface area (Å²) in [7, 11) is 0. The molecule has 0 aliphatic heterocycles. The van der Waals surface area contributed by atoms with E-state index >= 15 is 0 Å². The van der Waals surface area contributed by atoms with Gasteiger partial charge >= 0.3 is 6.18 Å². The van der Waals surface area contributed by atoms with E-state index in [2.05, 4.69) is 15.5 Å². The molecular formula is C25H20F3N3O. The summed E-state index contributed by atoms with van der Waals surface area (Å²) in [6.07, 6.45) is -4.41. The zero-order chi connectivity index (χ0) is 22.7. The topological polar surface area (TPSA) is 57.8 Å². The lowest BCUT2D eigenvalue weighted by molar-refractivity contribution is -0.137. The van der Waals surface area contributed by atoms with Gasteiger partial charge in [0.15, 0.2) is 0 Å². The zero-order valence-electron chi connectivity index (χ0n) is 17.2. The summed E-state index contributed by atoms with van der Waals surface area (Å²) in [5.74, 6) is -0.186. The Hall–Kier alpha value is -3.87. The van der Waals surface area contributed by atoms with Gasteiger partial charge in [0.05, 0.1) is 17.0 Å². The highest BCUT2D eigenvalue weighted by atomic mass is 19.4. The van der Waals surface area contributed by atoms with E-state index in [1.54, 1.807) is 36.4 Å². The molecule has 32 heavy (non-hydrogen) atoms. The van der Waals surface area contributed by atoms with E-state index < -0.39 is 11.7 Å². The number of aromatic nitrogens is 2. The number of hydrogen-bond donors (Lipinski definition) is 2. The SMILES string of the molecule is Cc1ccccc1CNC(=O)c1ccc(-c2cc(-c3cccc(C(F)(F)F)c3)n[nH]2)cc1. The maximum Gasteiger partial charge on any atom is 0.416 e. The molecule has 162 valence electrons. The van der Waals surface area contributed by atoms with Crippen LogP contribution in [-0.4, -0.2) is 16.1 Å². The normalized spacial score (nSPS) is 11.4. The van der Waals surface area contributed by atoms with Crippen molar-refractivity contribution < 1.29 is 18.0 Å². The molecule has 0 saturated carbocycles. The van der Waals surface area contributed by atoms with Crippen molar-refractivity contribution in [1.29, 1.82) is 0 Å². The maximum absolute atomic E-state index is 13.0. The number of hydrogen-bond acceptors (Lipinski definition) is 2. The van der Waals surface area contributed by atoms with E-state index in [0.717, 1.165) is 28.8 Å². The van der Waals surface area contributed by atoms with Crippen molar-refractivity contribution in [3.8, 4) is 22.5 Å². The van der Waals surface area contributed by atoms with Crippen molar-refractivity contribution in [3.05, 3.63) is 101 Å². The monoisotopic (exact) mass is 435 g/mol. The number of alkyl halides is 3. The summed E-state index contributed by atoms with van der Waals surface area (Å²) in [4.78, 5) is 12.5. The smallest absolute Gasteiger partial charge is 0.348 e. The van der Waals surface area contributed by atoms with Crippen molar-refractivity contribution in [2.24, 2.45) is 0 Å². The lowest BCUT2D eigenvalue weighted by atomic mass is 10.1. The summed E-state index contributed by atoms with van der Waals surface area (Å²) < 4.78 is 38.9. The van der Waals surface area contributed by atoms with Crippen LogP contribution in [0.1, 0.15) is 27.0 Å². The summed E-state index contributed by atoms with van der Waals surface area (Å²) >= 11 is 0. The van der Waals surface area contributed by atoms with E-state index in [1.807, 2.05) is 31.2 Å². The fourth-order valence-electron chi connectivity index (χ4n) is 3.36. The number of benzene rings is 3. The molecule has 0 aliphatic carbocycles. The highest BCUT2D eigenvalue weighted by molar-refractivity contribution is 5.94. The molecule has 1 heterocycles. The fourth-order valence-corrected chi connectivity index (χ4v) is 3.36. The molecule has 4 nitrogen and oxygen atoms in total. The van der Waals surface area contributed by atoms with Crippen LogP contribution in [0.15, 0.2) is 78.9 Å². The van der Waals surface area contributed by atoms with E-state index in [0.29, 0.717) is 29.1 Å². The maximum atomic E-state index is 13.0. The van der Waals surface area contributed by atoms with Gasteiger partial charge in [0.1, 0.15) is 0 Å². The molecule has 0 saturated heterocycles. The van der Waals surface area contributed by atoms with Gasteiger partial charge in [-0.2, -0.15) is 18.3 Å². The predicted octanol–water partition coefficient (Wildman–Crippen LogP) is 6.00. The van der Waals surface area contributed by atoms with Crippen LogP contribution >= 0.6 is 0 Å². The molecule has 0 atom stereocenters. The minimum absolute atomic E-state index is 0.186. The van der Waals surface area contributed by atoms with Gasteiger partial charge in [-0.15, -0.1) is 0 Å².